The van der Waals surface area contributed by atoms with Crippen LogP contribution in [0.2, 0.25) is 0 Å². The Labute approximate surface area is 136 Å². The summed E-state index contributed by atoms with van der Waals surface area (Å²) >= 11 is 0.772. The quantitative estimate of drug-likeness (QED) is 0.480. The smallest absolute Gasteiger partial charge is 0.267 e. The highest BCUT2D eigenvalue weighted by Gasteiger charge is 2.44. The van der Waals surface area contributed by atoms with E-state index in [2.05, 4.69) is 0 Å². The predicted octanol–water partition coefficient (Wildman–Crippen LogP) is 2.76. The molecular weight excluding hydrogens is 340 g/mol. The summed E-state index contributed by atoms with van der Waals surface area (Å²) in [6, 6.07) is 10.7. The highest BCUT2D eigenvalue weighted by molar-refractivity contribution is 8.09. The highest BCUT2D eigenvalue weighted by Crippen LogP contribution is 2.41. The maximum Gasteiger partial charge on any atom is 0.279 e. The first-order valence-corrected chi connectivity index (χ1v) is 8.65. The number of hydrogen-bond acceptors (Lipinski definition) is 6. The van der Waals surface area contributed by atoms with Gasteiger partial charge in [-0.15, -0.1) is 0 Å². The van der Waals surface area contributed by atoms with Gasteiger partial charge in [-0.2, -0.15) is 3.71 Å². The summed E-state index contributed by atoms with van der Waals surface area (Å²) < 4.78 is 25.8. The van der Waals surface area contributed by atoms with Crippen molar-refractivity contribution < 1.29 is 18.1 Å². The van der Waals surface area contributed by atoms with Gasteiger partial charge in [0.1, 0.15) is 4.90 Å². The predicted molar refractivity (Wildman–Crippen MR) is 83.5 cm³/mol. The number of hydrogen-bond donors (Lipinski definition) is 0. The molecule has 2 aromatic rings. The number of aryl methyl sites for hydroxylation is 1. The zero-order valence-electron chi connectivity index (χ0n) is 11.8. The molecule has 0 spiro atoms. The second-order valence-electron chi connectivity index (χ2n) is 4.83. The Balaban J connectivity index is 2.12. The van der Waals surface area contributed by atoms with E-state index in [0.717, 1.165) is 18.0 Å². The van der Waals surface area contributed by atoms with Crippen molar-refractivity contribution in [1.29, 1.82) is 0 Å². The van der Waals surface area contributed by atoms with Gasteiger partial charge in [-0.1, -0.05) is 18.2 Å². The van der Waals surface area contributed by atoms with Crippen LogP contribution in [-0.4, -0.2) is 23.0 Å². The van der Waals surface area contributed by atoms with Gasteiger partial charge in [-0.25, -0.2) is 8.42 Å². The van der Waals surface area contributed by atoms with Gasteiger partial charge in [0.05, 0.1) is 10.5 Å². The summed E-state index contributed by atoms with van der Waals surface area (Å²) in [4.78, 5) is 23.0. The minimum atomic E-state index is -4.13. The van der Waals surface area contributed by atoms with E-state index in [1.54, 1.807) is 30.3 Å². The van der Waals surface area contributed by atoms with E-state index in [0.29, 0.717) is 8.61 Å². The third-order valence-corrected chi connectivity index (χ3v) is 6.41. The maximum atomic E-state index is 12.6. The van der Waals surface area contributed by atoms with Crippen LogP contribution in [-0.2, 0) is 10.0 Å². The van der Waals surface area contributed by atoms with Gasteiger partial charge in [-0.05, 0) is 24.6 Å². The molecule has 0 aromatic heterocycles. The zero-order valence-corrected chi connectivity index (χ0v) is 13.4. The van der Waals surface area contributed by atoms with Crippen molar-refractivity contribution in [3.63, 3.8) is 0 Å². The lowest BCUT2D eigenvalue weighted by atomic mass is 10.1. The topological polar surface area (TPSA) is 97.6 Å². The molecule has 118 valence electrons. The van der Waals surface area contributed by atoms with Crippen LogP contribution in [0.15, 0.2) is 52.3 Å². The average molecular weight is 350 g/mol. The van der Waals surface area contributed by atoms with Crippen LogP contribution < -0.4 is 0 Å². The van der Waals surface area contributed by atoms with Crippen molar-refractivity contribution in [2.24, 2.45) is 0 Å². The van der Waals surface area contributed by atoms with Crippen LogP contribution >= 0.6 is 11.9 Å². The molecule has 0 bridgehead atoms. The van der Waals surface area contributed by atoms with Crippen molar-refractivity contribution >= 4 is 33.6 Å². The summed E-state index contributed by atoms with van der Waals surface area (Å²) in [5, 5.41) is 10.9. The third kappa shape index (κ3) is 2.47. The van der Waals surface area contributed by atoms with Crippen LogP contribution in [0.1, 0.15) is 15.9 Å². The van der Waals surface area contributed by atoms with E-state index < -0.39 is 20.9 Å². The lowest BCUT2D eigenvalue weighted by Gasteiger charge is -2.13. The fourth-order valence-corrected chi connectivity index (χ4v) is 5.08. The normalized spacial score (nSPS) is 15.5. The second kappa shape index (κ2) is 5.36. The van der Waals surface area contributed by atoms with E-state index in [4.69, 9.17) is 0 Å². The summed E-state index contributed by atoms with van der Waals surface area (Å²) in [5.74, 6) is -0.693. The van der Waals surface area contributed by atoms with Gasteiger partial charge in [0.15, 0.2) is 0 Å². The van der Waals surface area contributed by atoms with Crippen LogP contribution in [0.4, 0.5) is 5.69 Å². The first kappa shape index (κ1) is 15.5. The average Bonchev–Trinajstić information content (AvgIpc) is 2.69. The molecule has 1 aliphatic heterocycles. The SMILES string of the molecule is Cc1cc([N+](=O)[O-])cc2c1C(=O)N(Sc1ccccc1)S2(=O)=O. The minimum absolute atomic E-state index is 0.0148. The Bertz CT molecular complexity index is 926. The Morgan fingerprint density at radius 3 is 2.43 bits per heavy atom. The summed E-state index contributed by atoms with van der Waals surface area (Å²) in [6.07, 6.45) is 0. The van der Waals surface area contributed by atoms with E-state index in [-0.39, 0.29) is 21.7 Å². The molecule has 0 saturated heterocycles. The number of non-ortho nitro benzene ring substituents is 1. The zero-order chi connectivity index (χ0) is 16.8. The molecule has 0 N–H and O–H groups in total. The number of amides is 1. The van der Waals surface area contributed by atoms with Crippen molar-refractivity contribution in [3.05, 3.63) is 63.7 Å². The van der Waals surface area contributed by atoms with Crippen molar-refractivity contribution in [2.45, 2.75) is 16.7 Å². The van der Waals surface area contributed by atoms with Gasteiger partial charge in [-0.3, -0.25) is 14.9 Å². The third-order valence-electron chi connectivity index (χ3n) is 3.30. The van der Waals surface area contributed by atoms with Crippen LogP contribution in [0, 0.1) is 17.0 Å². The molecule has 0 radical (unpaired) electrons. The molecule has 0 unspecified atom stereocenters. The van der Waals surface area contributed by atoms with E-state index in [1.807, 2.05) is 0 Å². The Morgan fingerprint density at radius 1 is 1.17 bits per heavy atom. The molecule has 9 heteroatoms. The maximum absolute atomic E-state index is 12.6. The number of fused-ring (bicyclic) bond motifs is 1. The number of carbonyl (C=O) groups excluding carboxylic acids is 1. The lowest BCUT2D eigenvalue weighted by Crippen LogP contribution is -2.22. The molecular formula is C14H10N2O5S2. The van der Waals surface area contributed by atoms with Gasteiger partial charge in [0.2, 0.25) is 0 Å². The molecule has 1 heterocycles. The largest absolute Gasteiger partial charge is 0.279 e. The molecule has 0 aliphatic carbocycles. The Hall–Kier alpha value is -2.39. The van der Waals surface area contributed by atoms with Crippen molar-refractivity contribution in [2.75, 3.05) is 0 Å². The summed E-state index contributed by atoms with van der Waals surface area (Å²) in [5.41, 5.74) is -0.109. The van der Waals surface area contributed by atoms with Crippen LogP contribution in [0.3, 0.4) is 0 Å². The van der Waals surface area contributed by atoms with Crippen molar-refractivity contribution in [1.82, 2.24) is 3.71 Å². The van der Waals surface area contributed by atoms with Crippen molar-refractivity contribution in [3.8, 4) is 0 Å². The standard InChI is InChI=1S/C14H10N2O5S2/c1-9-7-10(15(18)19)8-12-13(9)14(17)16(23(12,20)21)22-11-5-3-2-4-6-11/h2-8H,1H3. The summed E-state index contributed by atoms with van der Waals surface area (Å²) in [6.45, 7) is 1.48. The lowest BCUT2D eigenvalue weighted by molar-refractivity contribution is -0.385. The molecule has 1 aliphatic rings. The first-order chi connectivity index (χ1) is 10.8. The molecule has 2 aromatic carbocycles. The Morgan fingerprint density at radius 2 is 1.83 bits per heavy atom. The highest BCUT2D eigenvalue weighted by atomic mass is 32.3. The molecule has 0 fully saturated rings. The van der Waals surface area contributed by atoms with E-state index in [1.165, 1.54) is 13.0 Å². The van der Waals surface area contributed by atoms with E-state index >= 15 is 0 Å². The molecule has 23 heavy (non-hydrogen) atoms. The minimum Gasteiger partial charge on any atom is -0.267 e. The molecule has 0 atom stereocenters. The molecule has 1 amide bonds. The monoisotopic (exact) mass is 350 g/mol. The number of nitro benzene ring substituents is 1. The van der Waals surface area contributed by atoms with Gasteiger partial charge >= 0.3 is 0 Å². The molecule has 7 nitrogen and oxygen atoms in total. The second-order valence-corrected chi connectivity index (χ2v) is 7.84. The number of benzene rings is 2. The molecule has 0 saturated carbocycles. The van der Waals surface area contributed by atoms with E-state index in [9.17, 15) is 23.3 Å². The first-order valence-electron chi connectivity index (χ1n) is 6.44. The van der Waals surface area contributed by atoms with Crippen LogP contribution in [0.25, 0.3) is 0 Å². The fourth-order valence-electron chi connectivity index (χ4n) is 2.28. The van der Waals surface area contributed by atoms with Crippen LogP contribution in [0.5, 0.6) is 0 Å². The Kier molecular flexibility index (Phi) is 3.61. The number of nitro groups is 1. The summed E-state index contributed by atoms with van der Waals surface area (Å²) in [7, 11) is -4.13. The van der Waals surface area contributed by atoms with Gasteiger partial charge in [0, 0.05) is 29.0 Å². The number of carbonyl (C=O) groups is 1. The fraction of sp³-hybridized carbons (Fsp3) is 0.0714. The molecule has 3 rings (SSSR count). The number of nitrogens with zero attached hydrogens (tertiary/aromatic N) is 2. The number of rotatable bonds is 3. The number of sulfonamides is 1. The van der Waals surface area contributed by atoms with Gasteiger partial charge < -0.3 is 0 Å². The van der Waals surface area contributed by atoms with Gasteiger partial charge in [0.25, 0.3) is 21.6 Å².